The average molecular weight is 447 g/mol. The number of benzene rings is 2. The number of hydrogen-bond acceptors (Lipinski definition) is 6. The van der Waals surface area contributed by atoms with E-state index in [9.17, 15) is 4.79 Å². The summed E-state index contributed by atoms with van der Waals surface area (Å²) in [5, 5.41) is 13.4. The quantitative estimate of drug-likeness (QED) is 0.303. The molecule has 0 spiro atoms. The van der Waals surface area contributed by atoms with E-state index >= 15 is 0 Å². The number of aromatic nitrogens is 3. The number of pyridine rings is 1. The Balaban J connectivity index is 1.47. The predicted octanol–water partition coefficient (Wildman–Crippen LogP) is 5.94. The summed E-state index contributed by atoms with van der Waals surface area (Å²) in [6.45, 7) is 0. The number of carbonyl (C=O) groups is 1. The Bertz CT molecular complexity index is 1140. The number of hydrogen-bond donors (Lipinski definition) is 1. The molecule has 9 heteroatoms. The summed E-state index contributed by atoms with van der Waals surface area (Å²) in [6.07, 6.45) is 1.70. The van der Waals surface area contributed by atoms with Gasteiger partial charge in [0.1, 0.15) is 0 Å². The SMILES string of the molecule is O=C(Nc1nnc(SCc2c(Cl)cccc2Cl)s1)c1cccc2ncccc12. The highest BCUT2D eigenvalue weighted by atomic mass is 35.5. The van der Waals surface area contributed by atoms with E-state index in [1.165, 1.54) is 23.1 Å². The number of thioether (sulfide) groups is 1. The van der Waals surface area contributed by atoms with Crippen LogP contribution in [0.2, 0.25) is 10.0 Å². The van der Waals surface area contributed by atoms with Crippen molar-refractivity contribution in [2.45, 2.75) is 10.1 Å². The van der Waals surface area contributed by atoms with Crippen LogP contribution in [0.25, 0.3) is 10.9 Å². The second-order valence-electron chi connectivity index (χ2n) is 5.69. The monoisotopic (exact) mass is 446 g/mol. The molecule has 0 saturated carbocycles. The van der Waals surface area contributed by atoms with Crippen LogP contribution in [0.5, 0.6) is 0 Å². The molecule has 4 rings (SSSR count). The predicted molar refractivity (Wildman–Crippen MR) is 116 cm³/mol. The van der Waals surface area contributed by atoms with E-state index in [1.54, 1.807) is 42.6 Å². The minimum atomic E-state index is -0.250. The molecule has 2 heterocycles. The molecule has 0 fully saturated rings. The van der Waals surface area contributed by atoms with Crippen molar-refractivity contribution in [2.75, 3.05) is 5.32 Å². The van der Waals surface area contributed by atoms with Gasteiger partial charge in [0.25, 0.3) is 5.91 Å². The van der Waals surface area contributed by atoms with Crippen LogP contribution in [-0.2, 0) is 5.75 Å². The van der Waals surface area contributed by atoms with Gasteiger partial charge in [0.15, 0.2) is 4.34 Å². The van der Waals surface area contributed by atoms with Crippen LogP contribution in [0.4, 0.5) is 5.13 Å². The molecule has 4 aromatic rings. The van der Waals surface area contributed by atoms with Gasteiger partial charge in [0.2, 0.25) is 5.13 Å². The van der Waals surface area contributed by atoms with Gasteiger partial charge in [-0.05, 0) is 35.9 Å². The van der Waals surface area contributed by atoms with Crippen LogP contribution in [0, 0.1) is 0 Å². The van der Waals surface area contributed by atoms with Gasteiger partial charge >= 0.3 is 0 Å². The van der Waals surface area contributed by atoms with Gasteiger partial charge in [0, 0.05) is 32.9 Å². The first kappa shape index (κ1) is 19.1. The second-order valence-corrected chi connectivity index (χ2v) is 8.71. The minimum absolute atomic E-state index is 0.250. The third kappa shape index (κ3) is 4.12. The Morgan fingerprint density at radius 2 is 1.82 bits per heavy atom. The highest BCUT2D eigenvalue weighted by Crippen LogP contribution is 2.33. The average Bonchev–Trinajstić information content (AvgIpc) is 3.14. The summed E-state index contributed by atoms with van der Waals surface area (Å²) in [4.78, 5) is 16.9. The molecule has 1 amide bonds. The van der Waals surface area contributed by atoms with Crippen LogP contribution >= 0.6 is 46.3 Å². The number of carbonyl (C=O) groups excluding carboxylic acids is 1. The summed E-state index contributed by atoms with van der Waals surface area (Å²) in [5.41, 5.74) is 2.15. The number of fused-ring (bicyclic) bond motifs is 1. The number of amides is 1. The van der Waals surface area contributed by atoms with Crippen molar-refractivity contribution in [3.8, 4) is 0 Å². The molecule has 0 saturated heterocycles. The summed E-state index contributed by atoms with van der Waals surface area (Å²) in [6, 6.07) is 14.5. The van der Waals surface area contributed by atoms with Crippen LogP contribution in [-0.4, -0.2) is 21.1 Å². The number of nitrogens with one attached hydrogen (secondary N) is 1. The third-order valence-electron chi connectivity index (χ3n) is 3.92. The largest absolute Gasteiger partial charge is 0.296 e. The maximum Gasteiger partial charge on any atom is 0.258 e. The smallest absolute Gasteiger partial charge is 0.258 e. The number of halogens is 2. The number of anilines is 1. The fraction of sp³-hybridized carbons (Fsp3) is 0.0526. The van der Waals surface area contributed by atoms with Gasteiger partial charge < -0.3 is 0 Å². The number of rotatable bonds is 5. The Kier molecular flexibility index (Phi) is 5.77. The van der Waals surface area contributed by atoms with Gasteiger partial charge in [-0.2, -0.15) is 0 Å². The Labute approximate surface area is 179 Å². The molecule has 0 aliphatic rings. The van der Waals surface area contributed by atoms with Crippen molar-refractivity contribution in [1.82, 2.24) is 15.2 Å². The molecule has 0 unspecified atom stereocenters. The molecule has 0 aliphatic heterocycles. The topological polar surface area (TPSA) is 67.8 Å². The molecule has 28 heavy (non-hydrogen) atoms. The summed E-state index contributed by atoms with van der Waals surface area (Å²) in [5.74, 6) is 0.316. The lowest BCUT2D eigenvalue weighted by molar-refractivity contribution is 0.102. The van der Waals surface area contributed by atoms with Crippen molar-refractivity contribution < 1.29 is 4.79 Å². The van der Waals surface area contributed by atoms with Crippen molar-refractivity contribution in [3.05, 3.63) is 75.9 Å². The molecule has 0 aliphatic carbocycles. The maximum atomic E-state index is 12.7. The first-order valence-electron chi connectivity index (χ1n) is 8.16. The second kappa shape index (κ2) is 8.45. The van der Waals surface area contributed by atoms with E-state index in [-0.39, 0.29) is 5.91 Å². The highest BCUT2D eigenvalue weighted by molar-refractivity contribution is 8.00. The molecule has 2 aromatic heterocycles. The van der Waals surface area contributed by atoms with E-state index in [2.05, 4.69) is 20.5 Å². The lowest BCUT2D eigenvalue weighted by atomic mass is 10.1. The standard InChI is InChI=1S/C19H12Cl2N4OS2/c20-14-6-2-7-15(21)13(14)10-27-19-25-24-18(28-19)23-17(26)12-4-1-8-16-11(12)5-3-9-22-16/h1-9H,10H2,(H,23,24,26). The zero-order valence-corrected chi connectivity index (χ0v) is 17.4. The highest BCUT2D eigenvalue weighted by Gasteiger charge is 2.14. The van der Waals surface area contributed by atoms with Crippen LogP contribution < -0.4 is 5.32 Å². The van der Waals surface area contributed by atoms with Crippen LogP contribution in [0.1, 0.15) is 15.9 Å². The first-order chi connectivity index (χ1) is 13.6. The zero-order chi connectivity index (χ0) is 19.5. The lowest BCUT2D eigenvalue weighted by Crippen LogP contribution is -2.12. The van der Waals surface area contributed by atoms with Gasteiger partial charge in [-0.3, -0.25) is 15.1 Å². The first-order valence-corrected chi connectivity index (χ1v) is 10.7. The fourth-order valence-electron chi connectivity index (χ4n) is 2.59. The molecule has 5 nitrogen and oxygen atoms in total. The van der Waals surface area contributed by atoms with E-state index < -0.39 is 0 Å². The molecule has 0 atom stereocenters. The lowest BCUT2D eigenvalue weighted by Gasteiger charge is -2.05. The molecule has 0 bridgehead atoms. The summed E-state index contributed by atoms with van der Waals surface area (Å²) >= 11 is 15.1. The van der Waals surface area contributed by atoms with Crippen molar-refractivity contribution in [2.24, 2.45) is 0 Å². The normalized spacial score (nSPS) is 10.9. The Morgan fingerprint density at radius 3 is 2.64 bits per heavy atom. The van der Waals surface area contributed by atoms with Gasteiger partial charge in [-0.25, -0.2) is 0 Å². The van der Waals surface area contributed by atoms with Crippen LogP contribution in [0.3, 0.4) is 0 Å². The zero-order valence-electron chi connectivity index (χ0n) is 14.2. The van der Waals surface area contributed by atoms with Gasteiger partial charge in [0.05, 0.1) is 5.52 Å². The molecular formula is C19H12Cl2N4OS2. The third-order valence-corrected chi connectivity index (χ3v) is 6.63. The van der Waals surface area contributed by atoms with Crippen LogP contribution in [0.15, 0.2) is 59.1 Å². The van der Waals surface area contributed by atoms with E-state index in [0.717, 1.165) is 16.5 Å². The van der Waals surface area contributed by atoms with Gasteiger partial charge in [-0.15, -0.1) is 10.2 Å². The minimum Gasteiger partial charge on any atom is -0.296 e. The Morgan fingerprint density at radius 1 is 1.04 bits per heavy atom. The summed E-state index contributed by atoms with van der Waals surface area (Å²) < 4.78 is 0.714. The van der Waals surface area contributed by atoms with E-state index in [4.69, 9.17) is 23.2 Å². The van der Waals surface area contributed by atoms with Crippen molar-refractivity contribution in [3.63, 3.8) is 0 Å². The Hall–Kier alpha value is -2.19. The molecule has 2 aromatic carbocycles. The van der Waals surface area contributed by atoms with E-state index in [0.29, 0.717) is 30.8 Å². The van der Waals surface area contributed by atoms with Crippen molar-refractivity contribution in [1.29, 1.82) is 0 Å². The van der Waals surface area contributed by atoms with Gasteiger partial charge in [-0.1, -0.05) is 64.5 Å². The van der Waals surface area contributed by atoms with E-state index in [1.807, 2.05) is 12.1 Å². The fourth-order valence-corrected chi connectivity index (χ4v) is 5.08. The van der Waals surface area contributed by atoms with Crippen molar-refractivity contribution >= 4 is 68.2 Å². The maximum absolute atomic E-state index is 12.7. The molecular weight excluding hydrogens is 435 g/mol. The molecule has 0 radical (unpaired) electrons. The summed E-state index contributed by atoms with van der Waals surface area (Å²) in [7, 11) is 0. The molecule has 140 valence electrons. The molecule has 1 N–H and O–H groups in total. The number of nitrogens with zero attached hydrogens (tertiary/aromatic N) is 3.